The predicted molar refractivity (Wildman–Crippen MR) is 72.9 cm³/mol. The molecule has 0 bridgehead atoms. The van der Waals surface area contributed by atoms with Gasteiger partial charge < -0.3 is 5.32 Å². The maximum Gasteiger partial charge on any atom is 0.127 e. The molecular formula is C15H22F2N2. The first-order chi connectivity index (χ1) is 9.19. The van der Waals surface area contributed by atoms with Gasteiger partial charge in [-0.3, -0.25) is 4.90 Å². The van der Waals surface area contributed by atoms with Crippen LogP contribution in [0.15, 0.2) is 18.2 Å². The molecule has 0 saturated carbocycles. The molecule has 0 aliphatic carbocycles. The van der Waals surface area contributed by atoms with E-state index in [4.69, 9.17) is 0 Å². The van der Waals surface area contributed by atoms with E-state index in [-0.39, 0.29) is 11.6 Å². The zero-order valence-corrected chi connectivity index (χ0v) is 11.5. The molecule has 1 heterocycles. The minimum absolute atomic E-state index is 0.318. The smallest absolute Gasteiger partial charge is 0.127 e. The van der Waals surface area contributed by atoms with E-state index in [0.717, 1.165) is 26.2 Å². The molecule has 2 nitrogen and oxygen atoms in total. The fraction of sp³-hybridized carbons (Fsp3) is 0.600. The van der Waals surface area contributed by atoms with Crippen LogP contribution < -0.4 is 5.32 Å². The van der Waals surface area contributed by atoms with Crippen molar-refractivity contribution in [2.24, 2.45) is 5.92 Å². The molecule has 4 heteroatoms. The third-order valence-corrected chi connectivity index (χ3v) is 3.76. The average Bonchev–Trinajstić information content (AvgIpc) is 2.43. The Kier molecular flexibility index (Phi) is 5.28. The molecule has 19 heavy (non-hydrogen) atoms. The first-order valence-corrected chi connectivity index (χ1v) is 7.06. The minimum Gasteiger partial charge on any atom is -0.316 e. The molecule has 0 spiro atoms. The molecule has 1 aromatic rings. The molecule has 1 aliphatic rings. The van der Waals surface area contributed by atoms with Crippen LogP contribution in [0.1, 0.15) is 25.3 Å². The topological polar surface area (TPSA) is 15.3 Å². The molecule has 1 aromatic carbocycles. The Bertz CT molecular complexity index is 403. The molecule has 1 fully saturated rings. The predicted octanol–water partition coefficient (Wildman–Crippen LogP) is 2.79. The number of hydrogen-bond acceptors (Lipinski definition) is 2. The van der Waals surface area contributed by atoms with Gasteiger partial charge in [0.25, 0.3) is 0 Å². The lowest BCUT2D eigenvalue weighted by Crippen LogP contribution is -2.38. The molecule has 0 radical (unpaired) electrons. The molecule has 106 valence electrons. The Morgan fingerprint density at radius 2 is 2.21 bits per heavy atom. The van der Waals surface area contributed by atoms with Gasteiger partial charge in [0.1, 0.15) is 11.6 Å². The Hall–Kier alpha value is -1.00. The molecule has 1 unspecified atom stereocenters. The molecule has 1 saturated heterocycles. The second-order valence-electron chi connectivity index (χ2n) is 5.28. The summed E-state index contributed by atoms with van der Waals surface area (Å²) in [5, 5.41) is 3.39. The number of nitrogens with one attached hydrogen (secondary N) is 1. The average molecular weight is 268 g/mol. The van der Waals surface area contributed by atoms with Gasteiger partial charge in [0.05, 0.1) is 0 Å². The Morgan fingerprint density at radius 1 is 1.37 bits per heavy atom. The lowest BCUT2D eigenvalue weighted by molar-refractivity contribution is 0.207. The van der Waals surface area contributed by atoms with Crippen LogP contribution in [-0.4, -0.2) is 31.1 Å². The van der Waals surface area contributed by atoms with E-state index in [0.29, 0.717) is 18.0 Å². The van der Waals surface area contributed by atoms with Crippen molar-refractivity contribution in [3.63, 3.8) is 0 Å². The summed E-state index contributed by atoms with van der Waals surface area (Å²) >= 11 is 0. The van der Waals surface area contributed by atoms with E-state index in [2.05, 4.69) is 17.1 Å². The summed E-state index contributed by atoms with van der Waals surface area (Å²) < 4.78 is 26.8. The fourth-order valence-electron chi connectivity index (χ4n) is 2.66. The standard InChI is InChI=1S/C15H22F2N2/c1-2-19(10-12-4-3-7-18-9-12)11-13-8-14(16)5-6-15(13)17/h5-6,8,12,18H,2-4,7,9-11H2,1H3. The SMILES string of the molecule is CCN(Cc1cc(F)ccc1F)CC1CCCNC1. The van der Waals surface area contributed by atoms with Crippen LogP contribution in [0.2, 0.25) is 0 Å². The second-order valence-corrected chi connectivity index (χ2v) is 5.28. The lowest BCUT2D eigenvalue weighted by atomic mass is 9.99. The molecule has 2 rings (SSSR count). The third kappa shape index (κ3) is 4.25. The molecular weight excluding hydrogens is 246 g/mol. The number of benzene rings is 1. The highest BCUT2D eigenvalue weighted by Crippen LogP contribution is 2.16. The van der Waals surface area contributed by atoms with Crippen LogP contribution in [0.25, 0.3) is 0 Å². The first-order valence-electron chi connectivity index (χ1n) is 7.06. The van der Waals surface area contributed by atoms with Crippen molar-refractivity contribution in [2.75, 3.05) is 26.2 Å². The van der Waals surface area contributed by atoms with Crippen LogP contribution in [-0.2, 0) is 6.54 Å². The Morgan fingerprint density at radius 3 is 2.89 bits per heavy atom. The van der Waals surface area contributed by atoms with Crippen molar-refractivity contribution >= 4 is 0 Å². The quantitative estimate of drug-likeness (QED) is 0.883. The largest absolute Gasteiger partial charge is 0.316 e. The molecule has 1 N–H and O–H groups in total. The normalized spacial score (nSPS) is 19.9. The second kappa shape index (κ2) is 6.96. The van der Waals surface area contributed by atoms with Crippen molar-refractivity contribution in [2.45, 2.75) is 26.3 Å². The monoisotopic (exact) mass is 268 g/mol. The van der Waals surface area contributed by atoms with Crippen LogP contribution in [0.4, 0.5) is 8.78 Å². The minimum atomic E-state index is -0.369. The molecule has 1 atom stereocenters. The first kappa shape index (κ1) is 14.4. The van der Waals surface area contributed by atoms with Gasteiger partial charge in [0.2, 0.25) is 0 Å². The van der Waals surface area contributed by atoms with Crippen molar-refractivity contribution < 1.29 is 8.78 Å². The van der Waals surface area contributed by atoms with Crippen molar-refractivity contribution in [3.8, 4) is 0 Å². The van der Waals surface area contributed by atoms with E-state index in [1.54, 1.807) is 0 Å². The zero-order chi connectivity index (χ0) is 13.7. The summed E-state index contributed by atoms with van der Waals surface area (Å²) in [6.07, 6.45) is 2.42. The van der Waals surface area contributed by atoms with E-state index < -0.39 is 0 Å². The maximum atomic E-state index is 13.6. The Balaban J connectivity index is 1.95. The van der Waals surface area contributed by atoms with Gasteiger partial charge in [-0.25, -0.2) is 8.78 Å². The number of halogens is 2. The van der Waals surface area contributed by atoms with Crippen LogP contribution in [0, 0.1) is 17.6 Å². The summed E-state index contributed by atoms with van der Waals surface area (Å²) in [6.45, 7) is 6.47. The van der Waals surface area contributed by atoms with Crippen LogP contribution >= 0.6 is 0 Å². The van der Waals surface area contributed by atoms with E-state index in [1.165, 1.54) is 31.0 Å². The summed E-state index contributed by atoms with van der Waals surface area (Å²) in [7, 11) is 0. The van der Waals surface area contributed by atoms with Gasteiger partial charge in [-0.15, -0.1) is 0 Å². The highest BCUT2D eigenvalue weighted by atomic mass is 19.1. The molecule has 0 aromatic heterocycles. The van der Waals surface area contributed by atoms with E-state index in [9.17, 15) is 8.78 Å². The summed E-state index contributed by atoms with van der Waals surface area (Å²) in [6, 6.07) is 3.68. The Labute approximate surface area is 113 Å². The van der Waals surface area contributed by atoms with Gasteiger partial charge in [-0.2, -0.15) is 0 Å². The summed E-state index contributed by atoms with van der Waals surface area (Å²) in [5.41, 5.74) is 0.450. The lowest BCUT2D eigenvalue weighted by Gasteiger charge is -2.29. The third-order valence-electron chi connectivity index (χ3n) is 3.76. The van der Waals surface area contributed by atoms with Crippen molar-refractivity contribution in [1.29, 1.82) is 0 Å². The zero-order valence-electron chi connectivity index (χ0n) is 11.5. The summed E-state index contributed by atoms with van der Waals surface area (Å²) in [5.74, 6) is -0.0706. The van der Waals surface area contributed by atoms with Gasteiger partial charge in [-0.05, 0) is 56.6 Å². The number of piperidine rings is 1. The molecule has 0 amide bonds. The highest BCUT2D eigenvalue weighted by Gasteiger charge is 2.17. The van der Waals surface area contributed by atoms with Crippen molar-refractivity contribution in [3.05, 3.63) is 35.4 Å². The number of nitrogens with zero attached hydrogens (tertiary/aromatic N) is 1. The summed E-state index contributed by atoms with van der Waals surface area (Å²) in [4.78, 5) is 2.19. The maximum absolute atomic E-state index is 13.6. The molecule has 1 aliphatic heterocycles. The van der Waals surface area contributed by atoms with Crippen LogP contribution in [0.3, 0.4) is 0 Å². The van der Waals surface area contributed by atoms with Gasteiger partial charge in [0, 0.05) is 18.7 Å². The number of hydrogen-bond donors (Lipinski definition) is 1. The van der Waals surface area contributed by atoms with Gasteiger partial charge in [-0.1, -0.05) is 6.92 Å². The van der Waals surface area contributed by atoms with Crippen molar-refractivity contribution in [1.82, 2.24) is 10.2 Å². The van der Waals surface area contributed by atoms with E-state index >= 15 is 0 Å². The number of rotatable bonds is 5. The van der Waals surface area contributed by atoms with E-state index in [1.807, 2.05) is 0 Å². The van der Waals surface area contributed by atoms with Gasteiger partial charge >= 0.3 is 0 Å². The van der Waals surface area contributed by atoms with Gasteiger partial charge in [0.15, 0.2) is 0 Å². The highest BCUT2D eigenvalue weighted by molar-refractivity contribution is 5.18. The fourth-order valence-corrected chi connectivity index (χ4v) is 2.66. The van der Waals surface area contributed by atoms with Crippen LogP contribution in [0.5, 0.6) is 0 Å².